The molecule has 0 saturated carbocycles. The predicted molar refractivity (Wildman–Crippen MR) is 199 cm³/mol. The first-order valence-electron chi connectivity index (χ1n) is 17.2. The number of carbonyl (C=O) groups excluding carboxylic acids is 1. The lowest BCUT2D eigenvalue weighted by molar-refractivity contribution is -0.252. The molecule has 11 heteroatoms. The molecule has 5 aromatic carbocycles. The number of nitrogens with zero attached hydrogens (tertiary/aromatic N) is 2. The van der Waals surface area contributed by atoms with E-state index in [9.17, 15) is 18.3 Å². The van der Waals surface area contributed by atoms with Gasteiger partial charge in [0.05, 0.1) is 47.6 Å². The summed E-state index contributed by atoms with van der Waals surface area (Å²) in [4.78, 5) is 18.5. The molecule has 52 heavy (non-hydrogen) atoms. The van der Waals surface area contributed by atoms with Gasteiger partial charge in [0.25, 0.3) is 0 Å². The van der Waals surface area contributed by atoms with Gasteiger partial charge in [-0.2, -0.15) is 4.72 Å². The molecule has 0 unspecified atom stereocenters. The highest BCUT2D eigenvalue weighted by Gasteiger charge is 2.33. The van der Waals surface area contributed by atoms with Gasteiger partial charge in [-0.3, -0.25) is 4.79 Å². The summed E-state index contributed by atoms with van der Waals surface area (Å²) in [5, 5.41) is 12.5. The van der Waals surface area contributed by atoms with Gasteiger partial charge in [0.15, 0.2) is 6.29 Å². The van der Waals surface area contributed by atoms with Crippen molar-refractivity contribution in [2.75, 3.05) is 5.32 Å². The molecular weight excluding hydrogens is 677 g/mol. The Balaban J connectivity index is 1.13. The second-order valence-electron chi connectivity index (χ2n) is 13.0. The molecule has 266 valence electrons. The van der Waals surface area contributed by atoms with Gasteiger partial charge in [0.2, 0.25) is 15.9 Å². The number of carbonyl (C=O) groups is 1. The van der Waals surface area contributed by atoms with Crippen molar-refractivity contribution in [3.63, 3.8) is 0 Å². The minimum atomic E-state index is -4.01. The molecule has 1 amide bonds. The maximum Gasteiger partial charge on any atom is 0.242 e. The highest BCUT2D eigenvalue weighted by Crippen LogP contribution is 2.39. The Morgan fingerprint density at radius 3 is 2.38 bits per heavy atom. The second-order valence-corrected chi connectivity index (χ2v) is 14.7. The number of fused-ring (bicyclic) bond motifs is 1. The van der Waals surface area contributed by atoms with Crippen molar-refractivity contribution < 1.29 is 27.8 Å². The number of aliphatic hydroxyl groups excluding tert-OH is 1. The number of imidazole rings is 1. The van der Waals surface area contributed by atoms with Gasteiger partial charge in [-0.1, -0.05) is 96.6 Å². The highest BCUT2D eigenvalue weighted by molar-refractivity contribution is 7.89. The van der Waals surface area contributed by atoms with E-state index in [1.807, 2.05) is 98.2 Å². The van der Waals surface area contributed by atoms with E-state index in [1.54, 1.807) is 30.3 Å². The first-order chi connectivity index (χ1) is 25.2. The van der Waals surface area contributed by atoms with Gasteiger partial charge >= 0.3 is 0 Å². The minimum Gasteiger partial charge on any atom is -0.392 e. The summed E-state index contributed by atoms with van der Waals surface area (Å²) in [7, 11) is -4.01. The van der Waals surface area contributed by atoms with Crippen LogP contribution >= 0.6 is 0 Å². The summed E-state index contributed by atoms with van der Waals surface area (Å²) >= 11 is 0. The highest BCUT2D eigenvalue weighted by atomic mass is 32.2. The fraction of sp³-hybridized carbons (Fsp3) is 0.220. The first kappa shape index (κ1) is 35.2. The predicted octanol–water partition coefficient (Wildman–Crippen LogP) is 6.61. The normalized spacial score (nSPS) is 18.2. The van der Waals surface area contributed by atoms with Crippen molar-refractivity contribution >= 4 is 32.7 Å². The Hall–Kier alpha value is -5.17. The van der Waals surface area contributed by atoms with Crippen LogP contribution in [0.1, 0.15) is 46.6 Å². The van der Waals surface area contributed by atoms with Crippen molar-refractivity contribution in [1.29, 1.82) is 0 Å². The molecule has 1 aliphatic heterocycles. The summed E-state index contributed by atoms with van der Waals surface area (Å²) in [6, 6.07) is 37.5. The molecule has 1 saturated heterocycles. The number of para-hydroxylation sites is 2. The van der Waals surface area contributed by atoms with E-state index in [1.165, 1.54) is 12.1 Å². The number of aliphatic hydroxyl groups is 1. The molecule has 0 spiro atoms. The maximum atomic E-state index is 13.9. The second kappa shape index (κ2) is 15.6. The quantitative estimate of drug-likeness (QED) is 0.130. The topological polar surface area (TPSA) is 132 Å². The number of anilines is 1. The first-order valence-corrected chi connectivity index (χ1v) is 18.7. The van der Waals surface area contributed by atoms with Crippen LogP contribution in [0.3, 0.4) is 0 Å². The van der Waals surface area contributed by atoms with Gasteiger partial charge in [0.1, 0.15) is 6.04 Å². The van der Waals surface area contributed by atoms with Crippen LogP contribution in [-0.4, -0.2) is 41.1 Å². The van der Waals surface area contributed by atoms with Crippen molar-refractivity contribution in [1.82, 2.24) is 14.3 Å². The third kappa shape index (κ3) is 8.31. The van der Waals surface area contributed by atoms with Gasteiger partial charge < -0.3 is 24.5 Å². The lowest BCUT2D eigenvalue weighted by Gasteiger charge is -2.36. The Kier molecular flexibility index (Phi) is 10.6. The van der Waals surface area contributed by atoms with Crippen molar-refractivity contribution in [2.24, 2.45) is 0 Å². The molecule has 0 radical (unpaired) electrons. The van der Waals surface area contributed by atoms with Gasteiger partial charge in [-0.25, -0.2) is 13.4 Å². The lowest BCUT2D eigenvalue weighted by atomic mass is 10.00. The Labute approximate surface area is 303 Å². The number of sulfonamides is 1. The summed E-state index contributed by atoms with van der Waals surface area (Å²) in [5.41, 5.74) is 6.56. The van der Waals surface area contributed by atoms with Crippen LogP contribution in [-0.2, 0) is 43.9 Å². The summed E-state index contributed by atoms with van der Waals surface area (Å²) in [6.45, 7) is 2.38. The maximum absolute atomic E-state index is 13.9. The molecule has 7 rings (SSSR count). The number of benzene rings is 5. The van der Waals surface area contributed by atoms with Crippen molar-refractivity contribution in [3.05, 3.63) is 162 Å². The molecule has 1 fully saturated rings. The standard InChI is InChI=1S/C41H40N4O6S/c1-28-14-20-35(21-15-28)52(48,49)44-37(22-29-8-3-2-4-9-29)40(47)43-33-11-7-10-32(23-33)41-50-34(25-45-27-42-36-12-5-6-13-38(36)45)24-39(51-41)31-18-16-30(26-46)17-19-31/h2-21,23,27,34,37,39,41,44,46H,22,24-26H2,1H3,(H,43,47)/t34-,37+,39+,41+/m0/s1. The van der Waals surface area contributed by atoms with E-state index in [4.69, 9.17) is 9.47 Å². The Morgan fingerprint density at radius 1 is 0.865 bits per heavy atom. The molecule has 2 heterocycles. The van der Waals surface area contributed by atoms with Crippen LogP contribution in [0.5, 0.6) is 0 Å². The van der Waals surface area contributed by atoms with Crippen LogP contribution in [0.25, 0.3) is 11.0 Å². The monoisotopic (exact) mass is 716 g/mol. The van der Waals surface area contributed by atoms with E-state index in [-0.39, 0.29) is 30.1 Å². The Bertz CT molecular complexity index is 2240. The lowest BCUT2D eigenvalue weighted by Crippen LogP contribution is -2.45. The van der Waals surface area contributed by atoms with Crippen molar-refractivity contribution in [3.8, 4) is 0 Å². The molecule has 0 bridgehead atoms. The summed E-state index contributed by atoms with van der Waals surface area (Å²) in [6.07, 6.45) is 1.22. The smallest absolute Gasteiger partial charge is 0.242 e. The number of ether oxygens (including phenoxy) is 2. The molecule has 3 N–H and O–H groups in total. The third-order valence-electron chi connectivity index (χ3n) is 9.20. The van der Waals surface area contributed by atoms with Crippen LogP contribution in [0, 0.1) is 6.92 Å². The summed E-state index contributed by atoms with van der Waals surface area (Å²) < 4.78 is 44.7. The van der Waals surface area contributed by atoms with Crippen molar-refractivity contribution in [2.45, 2.75) is 62.4 Å². The van der Waals surface area contributed by atoms with Gasteiger partial charge in [-0.05, 0) is 66.4 Å². The molecule has 6 aromatic rings. The Morgan fingerprint density at radius 2 is 1.62 bits per heavy atom. The van der Waals surface area contributed by atoms with Crippen LogP contribution in [0.4, 0.5) is 5.69 Å². The average Bonchev–Trinajstić information content (AvgIpc) is 3.57. The summed E-state index contributed by atoms with van der Waals surface area (Å²) in [5.74, 6) is -0.506. The minimum absolute atomic E-state index is 0.0496. The molecule has 1 aromatic heterocycles. The van der Waals surface area contributed by atoms with Gasteiger partial charge in [-0.15, -0.1) is 0 Å². The number of aromatic nitrogens is 2. The number of rotatable bonds is 12. The van der Waals surface area contributed by atoms with Gasteiger partial charge in [0, 0.05) is 17.7 Å². The van der Waals surface area contributed by atoms with Crippen LogP contribution in [0.2, 0.25) is 0 Å². The van der Waals surface area contributed by atoms with Crippen LogP contribution < -0.4 is 10.0 Å². The van der Waals surface area contributed by atoms with E-state index in [0.717, 1.165) is 33.3 Å². The molecular formula is C41H40N4O6S. The number of aryl methyl sites for hydroxylation is 1. The SMILES string of the molecule is Cc1ccc(S(=O)(=O)N[C@H](Cc2ccccc2)C(=O)Nc2cccc([C@@H]3O[C@H](Cn4cnc5ccccc54)C[C@H](c4ccc(CO)cc4)O3)c2)cc1. The molecule has 0 aliphatic carbocycles. The average molecular weight is 717 g/mol. The number of hydrogen-bond acceptors (Lipinski definition) is 7. The van der Waals surface area contributed by atoms with E-state index < -0.39 is 28.3 Å². The number of hydrogen-bond donors (Lipinski definition) is 3. The fourth-order valence-corrected chi connectivity index (χ4v) is 7.61. The molecule has 1 aliphatic rings. The zero-order valence-electron chi connectivity index (χ0n) is 28.6. The number of nitrogens with one attached hydrogen (secondary N) is 2. The fourth-order valence-electron chi connectivity index (χ4n) is 6.41. The van der Waals surface area contributed by atoms with E-state index in [0.29, 0.717) is 24.2 Å². The van der Waals surface area contributed by atoms with E-state index in [2.05, 4.69) is 19.6 Å². The zero-order chi connectivity index (χ0) is 36.1. The molecule has 10 nitrogen and oxygen atoms in total. The van der Waals surface area contributed by atoms with Crippen LogP contribution in [0.15, 0.2) is 139 Å². The van der Waals surface area contributed by atoms with E-state index >= 15 is 0 Å². The zero-order valence-corrected chi connectivity index (χ0v) is 29.4. The largest absolute Gasteiger partial charge is 0.392 e. The number of amides is 1. The molecule has 4 atom stereocenters. The third-order valence-corrected chi connectivity index (χ3v) is 10.7.